The van der Waals surface area contributed by atoms with Crippen LogP contribution >= 0.6 is 11.3 Å². The summed E-state index contributed by atoms with van der Waals surface area (Å²) in [7, 11) is 5.20. The van der Waals surface area contributed by atoms with Crippen LogP contribution in [0.25, 0.3) is 42.9 Å². The van der Waals surface area contributed by atoms with Crippen molar-refractivity contribution in [3.63, 3.8) is 0 Å². The van der Waals surface area contributed by atoms with E-state index in [-0.39, 0.29) is 13.1 Å². The summed E-state index contributed by atoms with van der Waals surface area (Å²) in [5.41, 5.74) is 3.25. The molecule has 0 atom stereocenters. The van der Waals surface area contributed by atoms with E-state index in [0.29, 0.717) is 21.7 Å². The van der Waals surface area contributed by atoms with Crippen molar-refractivity contribution in [2.75, 3.05) is 20.7 Å². The highest BCUT2D eigenvalue weighted by atomic mass is 32.1. The summed E-state index contributed by atoms with van der Waals surface area (Å²) >= 11 is 1.37. The van der Waals surface area contributed by atoms with Gasteiger partial charge in [-0.1, -0.05) is 6.07 Å². The zero-order valence-corrected chi connectivity index (χ0v) is 28.6. The highest BCUT2D eigenvalue weighted by molar-refractivity contribution is 7.22. The molecule has 6 rings (SSSR count). The third-order valence-corrected chi connectivity index (χ3v) is 9.50. The van der Waals surface area contributed by atoms with E-state index < -0.39 is 22.9 Å². The number of methoxy groups -OCH3 is 1. The number of carbonyl (C=O) groups is 1. The molecule has 244 valence electrons. The Morgan fingerprint density at radius 2 is 1.83 bits per heavy atom. The standard InChI is InChI=1S/C35H38N6O5S/c1-21-19-39(20-36-21)27-11-9-24(18-28(27)45-8)30-22(2)29-31(42)41(25-10-12-26-23(17-25)13-14-37(26)6)33(43)40(32(29)47-30)16-15-38(7)34(44)46-35(3,4)5/h9-14,17-20H,15-16H2,1-8H3. The monoisotopic (exact) mass is 654 g/mol. The molecule has 47 heavy (non-hydrogen) atoms. The van der Waals surface area contributed by atoms with Crippen LogP contribution in [0.15, 0.2) is 70.8 Å². The Bertz CT molecular complexity index is 2280. The van der Waals surface area contributed by atoms with Crippen LogP contribution in [0, 0.1) is 13.8 Å². The van der Waals surface area contributed by atoms with Crippen LogP contribution in [-0.4, -0.2) is 60.5 Å². The van der Waals surface area contributed by atoms with Gasteiger partial charge in [-0.3, -0.25) is 9.36 Å². The van der Waals surface area contributed by atoms with Gasteiger partial charge in [0.1, 0.15) is 16.2 Å². The molecule has 11 nitrogen and oxygen atoms in total. The number of likely N-dealkylation sites (N-methyl/N-ethyl adjacent to an activating group) is 1. The van der Waals surface area contributed by atoms with Crippen molar-refractivity contribution in [2.24, 2.45) is 7.05 Å². The van der Waals surface area contributed by atoms with Crippen molar-refractivity contribution < 1.29 is 14.3 Å². The molecule has 0 spiro atoms. The first-order valence-corrected chi connectivity index (χ1v) is 16.1. The Labute approximate surface area is 275 Å². The number of imidazole rings is 1. The quantitative estimate of drug-likeness (QED) is 0.208. The van der Waals surface area contributed by atoms with Gasteiger partial charge in [0, 0.05) is 55.4 Å². The lowest BCUT2D eigenvalue weighted by molar-refractivity contribution is 0.0293. The second kappa shape index (κ2) is 11.9. The van der Waals surface area contributed by atoms with Gasteiger partial charge in [-0.15, -0.1) is 11.3 Å². The molecule has 0 unspecified atom stereocenters. The second-order valence-corrected chi connectivity index (χ2v) is 13.7. The summed E-state index contributed by atoms with van der Waals surface area (Å²) in [5, 5.41) is 1.36. The Morgan fingerprint density at radius 1 is 1.06 bits per heavy atom. The molecule has 0 radical (unpaired) electrons. The minimum atomic E-state index is -0.661. The fourth-order valence-corrected chi connectivity index (χ4v) is 7.04. The normalized spacial score (nSPS) is 11.8. The van der Waals surface area contributed by atoms with Crippen LogP contribution in [0.1, 0.15) is 32.0 Å². The highest BCUT2D eigenvalue weighted by Gasteiger charge is 2.24. The summed E-state index contributed by atoms with van der Waals surface area (Å²) in [4.78, 5) is 48.5. The fourth-order valence-electron chi connectivity index (χ4n) is 5.72. The van der Waals surface area contributed by atoms with E-state index in [1.54, 1.807) is 51.9 Å². The molecule has 0 aliphatic rings. The lowest BCUT2D eigenvalue weighted by atomic mass is 10.1. The topological polar surface area (TPSA) is 106 Å². The van der Waals surface area contributed by atoms with E-state index in [0.717, 1.165) is 38.3 Å². The van der Waals surface area contributed by atoms with E-state index in [9.17, 15) is 14.4 Å². The number of aryl methyl sites for hydroxylation is 3. The SMILES string of the molecule is COc1cc(-c2sc3c(c2C)c(=O)n(-c2ccc4c(ccn4C)c2)c(=O)n3CCN(C)C(=O)OC(C)(C)C)ccc1-n1cnc(C)c1. The molecule has 0 saturated carbocycles. The number of aromatic nitrogens is 5. The number of benzene rings is 2. The Kier molecular flexibility index (Phi) is 8.08. The first kappa shape index (κ1) is 31.9. The molecule has 4 heterocycles. The van der Waals surface area contributed by atoms with Gasteiger partial charge in [-0.2, -0.15) is 0 Å². The zero-order valence-electron chi connectivity index (χ0n) is 27.8. The number of thiophene rings is 1. The van der Waals surface area contributed by atoms with Gasteiger partial charge in [0.2, 0.25) is 0 Å². The molecule has 0 saturated heterocycles. The molecule has 0 fully saturated rings. The van der Waals surface area contributed by atoms with Crippen molar-refractivity contribution in [3.8, 4) is 27.6 Å². The maximum absolute atomic E-state index is 14.3. The highest BCUT2D eigenvalue weighted by Crippen LogP contribution is 2.39. The summed E-state index contributed by atoms with van der Waals surface area (Å²) in [6.07, 6.45) is 5.10. The van der Waals surface area contributed by atoms with Crippen molar-refractivity contribution in [1.29, 1.82) is 0 Å². The lowest BCUT2D eigenvalue weighted by Gasteiger charge is -2.25. The summed E-state index contributed by atoms with van der Waals surface area (Å²) < 4.78 is 18.0. The number of rotatable bonds is 7. The van der Waals surface area contributed by atoms with E-state index >= 15 is 0 Å². The van der Waals surface area contributed by atoms with Crippen LogP contribution in [-0.2, 0) is 18.3 Å². The van der Waals surface area contributed by atoms with Gasteiger partial charge in [0.15, 0.2) is 0 Å². The first-order valence-electron chi connectivity index (χ1n) is 15.3. The largest absolute Gasteiger partial charge is 0.495 e. The smallest absolute Gasteiger partial charge is 0.410 e. The predicted molar refractivity (Wildman–Crippen MR) is 186 cm³/mol. The van der Waals surface area contributed by atoms with E-state index in [2.05, 4.69) is 4.98 Å². The molecule has 0 aliphatic carbocycles. The summed E-state index contributed by atoms with van der Waals surface area (Å²) in [6.45, 7) is 9.59. The van der Waals surface area contributed by atoms with Crippen LogP contribution in [0.2, 0.25) is 0 Å². The minimum absolute atomic E-state index is 0.153. The number of nitrogens with zero attached hydrogens (tertiary/aromatic N) is 6. The molecule has 4 aromatic heterocycles. The van der Waals surface area contributed by atoms with Crippen LogP contribution < -0.4 is 16.0 Å². The molecule has 0 N–H and O–H groups in total. The Hall–Kier alpha value is -5.10. The number of amides is 1. The van der Waals surface area contributed by atoms with Crippen molar-refractivity contribution in [2.45, 2.75) is 46.8 Å². The van der Waals surface area contributed by atoms with Crippen LogP contribution in [0.3, 0.4) is 0 Å². The lowest BCUT2D eigenvalue weighted by Crippen LogP contribution is -2.41. The first-order chi connectivity index (χ1) is 22.3. The van der Waals surface area contributed by atoms with E-state index in [4.69, 9.17) is 9.47 Å². The third kappa shape index (κ3) is 5.85. The van der Waals surface area contributed by atoms with E-state index in [1.807, 2.05) is 78.8 Å². The molecule has 12 heteroatoms. The minimum Gasteiger partial charge on any atom is -0.495 e. The number of carbonyl (C=O) groups excluding carboxylic acids is 1. The Balaban J connectivity index is 1.52. The Morgan fingerprint density at radius 3 is 2.51 bits per heavy atom. The van der Waals surface area contributed by atoms with Gasteiger partial charge < -0.3 is 23.5 Å². The fraction of sp³-hybridized carbons (Fsp3) is 0.314. The molecule has 0 aliphatic heterocycles. The average molecular weight is 655 g/mol. The molecule has 2 aromatic carbocycles. The summed E-state index contributed by atoms with van der Waals surface area (Å²) in [5.74, 6) is 0.640. The number of hydrogen-bond donors (Lipinski definition) is 0. The van der Waals surface area contributed by atoms with Gasteiger partial charge in [0.05, 0.1) is 35.9 Å². The van der Waals surface area contributed by atoms with Crippen molar-refractivity contribution >= 4 is 38.5 Å². The van der Waals surface area contributed by atoms with Crippen LogP contribution in [0.5, 0.6) is 5.75 Å². The predicted octanol–water partition coefficient (Wildman–Crippen LogP) is 6.05. The summed E-state index contributed by atoms with van der Waals surface area (Å²) in [6, 6.07) is 13.4. The molecule has 1 amide bonds. The van der Waals surface area contributed by atoms with Crippen molar-refractivity contribution in [1.82, 2.24) is 28.2 Å². The number of ether oxygens (including phenoxy) is 2. The number of hydrogen-bond acceptors (Lipinski definition) is 7. The zero-order chi connectivity index (χ0) is 33.8. The van der Waals surface area contributed by atoms with Crippen molar-refractivity contribution in [3.05, 3.63) is 93.3 Å². The maximum atomic E-state index is 14.3. The second-order valence-electron chi connectivity index (χ2n) is 12.7. The van der Waals surface area contributed by atoms with Gasteiger partial charge >= 0.3 is 11.8 Å². The van der Waals surface area contributed by atoms with Crippen LogP contribution in [0.4, 0.5) is 4.79 Å². The maximum Gasteiger partial charge on any atom is 0.410 e. The average Bonchev–Trinajstić information content (AvgIpc) is 3.72. The molecular weight excluding hydrogens is 616 g/mol. The molecular formula is C35H38N6O5S. The van der Waals surface area contributed by atoms with Gasteiger partial charge in [0.25, 0.3) is 5.56 Å². The third-order valence-electron chi connectivity index (χ3n) is 8.14. The number of fused-ring (bicyclic) bond motifs is 2. The van der Waals surface area contributed by atoms with Gasteiger partial charge in [-0.05, 0) is 82.1 Å². The molecule has 6 aromatic rings. The van der Waals surface area contributed by atoms with E-state index in [1.165, 1.54) is 20.8 Å². The molecule has 0 bridgehead atoms. The van der Waals surface area contributed by atoms with Gasteiger partial charge in [-0.25, -0.2) is 19.1 Å².